The van der Waals surface area contributed by atoms with E-state index in [4.69, 9.17) is 0 Å². The first kappa shape index (κ1) is 14.0. The first-order chi connectivity index (χ1) is 7.43. The highest BCUT2D eigenvalue weighted by Crippen LogP contribution is 2.20. The summed E-state index contributed by atoms with van der Waals surface area (Å²) in [5.74, 6) is 0. The summed E-state index contributed by atoms with van der Waals surface area (Å²) in [6.07, 6.45) is 5.21. The molecular weight excluding hydrogens is 196 g/mol. The normalized spacial score (nSPS) is 22.3. The van der Waals surface area contributed by atoms with Gasteiger partial charge in [-0.1, -0.05) is 13.3 Å². The van der Waals surface area contributed by atoms with Crippen molar-refractivity contribution in [3.8, 4) is 0 Å². The minimum absolute atomic E-state index is 0.347. The van der Waals surface area contributed by atoms with Gasteiger partial charge in [0.2, 0.25) is 0 Å². The average Bonchev–Trinajstić information content (AvgIpc) is 2.17. The molecule has 2 heteroatoms. The minimum Gasteiger partial charge on any atom is -0.311 e. The van der Waals surface area contributed by atoms with Crippen LogP contribution < -0.4 is 5.32 Å². The largest absolute Gasteiger partial charge is 0.311 e. The number of nitrogens with zero attached hydrogens (tertiary/aromatic N) is 1. The molecule has 1 aliphatic heterocycles. The van der Waals surface area contributed by atoms with Crippen molar-refractivity contribution < 1.29 is 0 Å². The lowest BCUT2D eigenvalue weighted by molar-refractivity contribution is 0.0939. The summed E-state index contributed by atoms with van der Waals surface area (Å²) < 4.78 is 0. The third kappa shape index (κ3) is 4.42. The molecule has 1 heterocycles. The Bertz CT molecular complexity index is 187. The summed E-state index contributed by atoms with van der Waals surface area (Å²) in [7, 11) is 0. The van der Waals surface area contributed by atoms with E-state index in [9.17, 15) is 0 Å². The van der Waals surface area contributed by atoms with Crippen LogP contribution in [0.2, 0.25) is 0 Å². The monoisotopic (exact) mass is 226 g/mol. The Balaban J connectivity index is 2.27. The lowest BCUT2D eigenvalue weighted by Gasteiger charge is -2.41. The molecule has 1 N–H and O–H groups in total. The molecule has 0 aliphatic carbocycles. The van der Waals surface area contributed by atoms with Crippen molar-refractivity contribution in [3.63, 3.8) is 0 Å². The number of hydrogen-bond acceptors (Lipinski definition) is 2. The zero-order chi connectivity index (χ0) is 12.2. The predicted octanol–water partition coefficient (Wildman–Crippen LogP) is 3.03. The summed E-state index contributed by atoms with van der Waals surface area (Å²) in [5, 5.41) is 3.77. The lowest BCUT2D eigenvalue weighted by atomic mass is 9.97. The Morgan fingerprint density at radius 1 is 1.25 bits per heavy atom. The molecule has 96 valence electrons. The van der Waals surface area contributed by atoms with E-state index >= 15 is 0 Å². The van der Waals surface area contributed by atoms with Gasteiger partial charge >= 0.3 is 0 Å². The van der Waals surface area contributed by atoms with Gasteiger partial charge in [-0.15, -0.1) is 0 Å². The fourth-order valence-corrected chi connectivity index (χ4v) is 2.64. The molecule has 2 nitrogen and oxygen atoms in total. The van der Waals surface area contributed by atoms with Gasteiger partial charge in [0.25, 0.3) is 0 Å². The highest BCUT2D eigenvalue weighted by atomic mass is 15.2. The second-order valence-electron chi connectivity index (χ2n) is 6.29. The van der Waals surface area contributed by atoms with Crippen LogP contribution in [0.3, 0.4) is 0 Å². The van der Waals surface area contributed by atoms with Crippen molar-refractivity contribution in [2.45, 2.75) is 77.9 Å². The highest BCUT2D eigenvalue weighted by Gasteiger charge is 2.27. The van der Waals surface area contributed by atoms with Crippen molar-refractivity contribution in [2.75, 3.05) is 13.1 Å². The van der Waals surface area contributed by atoms with E-state index in [1.165, 1.54) is 38.8 Å². The van der Waals surface area contributed by atoms with Gasteiger partial charge in [-0.05, 0) is 47.0 Å². The average molecular weight is 226 g/mol. The molecule has 0 radical (unpaired) electrons. The molecule has 0 spiro atoms. The quantitative estimate of drug-likeness (QED) is 0.792. The molecule has 0 aromatic heterocycles. The maximum Gasteiger partial charge on any atom is 0.0125 e. The first-order valence-corrected chi connectivity index (χ1v) is 6.94. The molecule has 0 saturated carbocycles. The molecule has 1 saturated heterocycles. The zero-order valence-corrected chi connectivity index (χ0v) is 11.8. The molecule has 0 aromatic rings. The van der Waals surface area contributed by atoms with Gasteiger partial charge in [0, 0.05) is 30.7 Å². The number of nitrogens with one attached hydrogen (secondary N) is 1. The van der Waals surface area contributed by atoms with E-state index in [2.05, 4.69) is 44.8 Å². The van der Waals surface area contributed by atoms with Crippen molar-refractivity contribution in [2.24, 2.45) is 0 Å². The van der Waals surface area contributed by atoms with Gasteiger partial charge < -0.3 is 5.32 Å². The summed E-state index contributed by atoms with van der Waals surface area (Å²) in [6.45, 7) is 14.0. The predicted molar refractivity (Wildman–Crippen MR) is 71.9 cm³/mol. The third-order valence-corrected chi connectivity index (χ3v) is 3.69. The van der Waals surface area contributed by atoms with E-state index in [1.54, 1.807) is 0 Å². The van der Waals surface area contributed by atoms with Gasteiger partial charge in [0.15, 0.2) is 0 Å². The second kappa shape index (κ2) is 6.02. The molecule has 0 amide bonds. The van der Waals surface area contributed by atoms with Crippen LogP contribution in [0.5, 0.6) is 0 Å². The molecule has 1 rings (SSSR count). The van der Waals surface area contributed by atoms with E-state index in [0.29, 0.717) is 11.6 Å². The molecule has 1 unspecified atom stereocenters. The van der Waals surface area contributed by atoms with Crippen LogP contribution in [0, 0.1) is 0 Å². The van der Waals surface area contributed by atoms with Gasteiger partial charge in [-0.25, -0.2) is 0 Å². The molecule has 0 bridgehead atoms. The first-order valence-electron chi connectivity index (χ1n) is 6.94. The molecule has 16 heavy (non-hydrogen) atoms. The van der Waals surface area contributed by atoms with Crippen molar-refractivity contribution in [3.05, 3.63) is 0 Å². The van der Waals surface area contributed by atoms with Gasteiger partial charge in [-0.2, -0.15) is 0 Å². The van der Waals surface area contributed by atoms with Gasteiger partial charge in [0.05, 0.1) is 0 Å². The molecule has 1 fully saturated rings. The van der Waals surface area contributed by atoms with Crippen molar-refractivity contribution in [1.29, 1.82) is 0 Å². The van der Waals surface area contributed by atoms with Crippen LogP contribution in [0.15, 0.2) is 0 Å². The number of rotatable bonds is 4. The maximum atomic E-state index is 3.77. The van der Waals surface area contributed by atoms with Crippen LogP contribution >= 0.6 is 0 Å². The molecule has 1 aliphatic rings. The Labute approximate surface area is 102 Å². The fraction of sp³-hybridized carbons (Fsp3) is 1.00. The number of hydrogen-bond donors (Lipinski definition) is 1. The van der Waals surface area contributed by atoms with Crippen molar-refractivity contribution in [1.82, 2.24) is 10.2 Å². The molecule has 1 atom stereocenters. The Morgan fingerprint density at radius 3 is 2.25 bits per heavy atom. The Kier molecular flexibility index (Phi) is 5.26. The summed E-state index contributed by atoms with van der Waals surface area (Å²) >= 11 is 0. The maximum absolute atomic E-state index is 3.77. The Morgan fingerprint density at radius 2 is 1.81 bits per heavy atom. The van der Waals surface area contributed by atoms with E-state index in [0.717, 1.165) is 6.04 Å². The summed E-state index contributed by atoms with van der Waals surface area (Å²) in [6, 6.07) is 1.44. The molecular formula is C14H30N2. The summed E-state index contributed by atoms with van der Waals surface area (Å²) in [5.41, 5.74) is 0.347. The third-order valence-electron chi connectivity index (χ3n) is 3.69. The van der Waals surface area contributed by atoms with Crippen LogP contribution in [0.1, 0.15) is 60.3 Å². The standard InChI is InChI=1S/C14H30N2/c1-6-7-12(2)15-13-8-10-16(11-9-13)14(3,4)5/h12-13,15H,6-11H2,1-5H3. The van der Waals surface area contributed by atoms with E-state index in [1.807, 2.05) is 0 Å². The lowest BCUT2D eigenvalue weighted by Crippen LogP contribution is -2.51. The topological polar surface area (TPSA) is 15.3 Å². The minimum atomic E-state index is 0.347. The van der Waals surface area contributed by atoms with Gasteiger partial charge in [0.1, 0.15) is 0 Å². The highest BCUT2D eigenvalue weighted by molar-refractivity contribution is 4.85. The van der Waals surface area contributed by atoms with E-state index in [-0.39, 0.29) is 0 Å². The van der Waals surface area contributed by atoms with E-state index < -0.39 is 0 Å². The second-order valence-corrected chi connectivity index (χ2v) is 6.29. The zero-order valence-electron chi connectivity index (χ0n) is 11.8. The van der Waals surface area contributed by atoms with Crippen LogP contribution in [-0.2, 0) is 0 Å². The van der Waals surface area contributed by atoms with Gasteiger partial charge in [-0.3, -0.25) is 4.90 Å². The number of piperidine rings is 1. The van der Waals surface area contributed by atoms with Crippen LogP contribution in [0.25, 0.3) is 0 Å². The summed E-state index contributed by atoms with van der Waals surface area (Å²) in [4.78, 5) is 2.61. The van der Waals surface area contributed by atoms with Crippen molar-refractivity contribution >= 4 is 0 Å². The fourth-order valence-electron chi connectivity index (χ4n) is 2.64. The number of likely N-dealkylation sites (tertiary alicyclic amines) is 1. The SMILES string of the molecule is CCCC(C)NC1CCN(C(C)(C)C)CC1. The van der Waals surface area contributed by atoms with Crippen LogP contribution in [-0.4, -0.2) is 35.6 Å². The Hall–Kier alpha value is -0.0800. The smallest absolute Gasteiger partial charge is 0.0125 e. The van der Waals surface area contributed by atoms with Crippen LogP contribution in [0.4, 0.5) is 0 Å². The molecule has 0 aromatic carbocycles.